The Morgan fingerprint density at radius 3 is 2.36 bits per heavy atom. The van der Waals surface area contributed by atoms with Crippen molar-refractivity contribution in [2.45, 2.75) is 31.1 Å². The molecule has 0 radical (unpaired) electrons. The minimum absolute atomic E-state index is 0.0227. The molecule has 0 aliphatic carbocycles. The normalized spacial score (nSPS) is 14.7. The van der Waals surface area contributed by atoms with Crippen molar-refractivity contribution in [3.8, 4) is 0 Å². The molecule has 0 bridgehead atoms. The topological polar surface area (TPSA) is 83.8 Å². The third-order valence-corrected chi connectivity index (χ3v) is 1.58. The first-order valence-corrected chi connectivity index (χ1v) is 4.69. The summed E-state index contributed by atoms with van der Waals surface area (Å²) in [5, 5.41) is 16.9. The summed E-state index contributed by atoms with van der Waals surface area (Å²) in [6, 6.07) is 0. The van der Waals surface area contributed by atoms with E-state index in [2.05, 4.69) is 12.6 Å². The number of carboxylic acids is 2. The average Bonchev–Trinajstić information content (AvgIpc) is 2.02. The van der Waals surface area contributed by atoms with Gasteiger partial charge in [-0.1, -0.05) is 6.92 Å². The Morgan fingerprint density at radius 1 is 1.43 bits per heavy atom. The van der Waals surface area contributed by atoms with E-state index in [1.165, 1.54) is 0 Å². The van der Waals surface area contributed by atoms with Crippen LogP contribution in [0.3, 0.4) is 0 Å². The van der Waals surface area contributed by atoms with Gasteiger partial charge in [-0.25, -0.2) is 4.79 Å². The highest BCUT2D eigenvalue weighted by Crippen LogP contribution is 2.05. The van der Waals surface area contributed by atoms with Gasteiger partial charge in [0.05, 0.1) is 6.61 Å². The summed E-state index contributed by atoms with van der Waals surface area (Å²) in [5.74, 6) is -2.17. The Hall–Kier alpha value is -0.750. The first-order chi connectivity index (χ1) is 6.43. The summed E-state index contributed by atoms with van der Waals surface area (Å²) >= 11 is 4.02. The lowest BCUT2D eigenvalue weighted by molar-refractivity contribution is -0.151. The number of hydrogen-bond donors (Lipinski definition) is 3. The lowest BCUT2D eigenvalue weighted by atomic mass is 10.2. The maximum Gasteiger partial charge on any atom is 0.332 e. The van der Waals surface area contributed by atoms with Crippen molar-refractivity contribution < 1.29 is 24.5 Å². The molecule has 0 aliphatic heterocycles. The van der Waals surface area contributed by atoms with Crippen molar-refractivity contribution in [2.24, 2.45) is 0 Å². The van der Waals surface area contributed by atoms with E-state index in [9.17, 15) is 9.59 Å². The van der Waals surface area contributed by atoms with Crippen molar-refractivity contribution in [3.63, 3.8) is 0 Å². The second-order valence-corrected chi connectivity index (χ2v) is 3.82. The molecule has 2 N–H and O–H groups in total. The van der Waals surface area contributed by atoms with Gasteiger partial charge in [-0.05, 0) is 6.42 Å². The number of carbonyl (C=O) groups is 2. The Bertz CT molecular complexity index is 204. The van der Waals surface area contributed by atoms with Crippen molar-refractivity contribution in [1.82, 2.24) is 0 Å². The standard InChI is InChI=1S/C8H14O5S/c1-5(14)4-13-6(8(11)12)2-3-7(9)10/h5-6,14H,2-4H2,1H3,(H,9,10)(H,11,12). The fraction of sp³-hybridized carbons (Fsp3) is 0.750. The highest BCUT2D eigenvalue weighted by molar-refractivity contribution is 7.80. The third-order valence-electron chi connectivity index (χ3n) is 1.43. The molecule has 14 heavy (non-hydrogen) atoms. The van der Waals surface area contributed by atoms with Gasteiger partial charge in [-0.2, -0.15) is 12.6 Å². The van der Waals surface area contributed by atoms with Crippen LogP contribution in [0.25, 0.3) is 0 Å². The van der Waals surface area contributed by atoms with Crippen LogP contribution in [0, 0.1) is 0 Å². The highest BCUT2D eigenvalue weighted by atomic mass is 32.1. The van der Waals surface area contributed by atoms with E-state index < -0.39 is 18.0 Å². The molecule has 2 atom stereocenters. The lowest BCUT2D eigenvalue weighted by Crippen LogP contribution is -2.27. The third kappa shape index (κ3) is 6.73. The van der Waals surface area contributed by atoms with Crippen LogP contribution in [0.4, 0.5) is 0 Å². The van der Waals surface area contributed by atoms with Gasteiger partial charge in [0.1, 0.15) is 0 Å². The SMILES string of the molecule is CC(S)COC(CCC(=O)O)C(=O)O. The van der Waals surface area contributed by atoms with Crippen molar-refractivity contribution in [1.29, 1.82) is 0 Å². The molecule has 82 valence electrons. The zero-order valence-electron chi connectivity index (χ0n) is 7.84. The van der Waals surface area contributed by atoms with E-state index in [0.29, 0.717) is 0 Å². The first-order valence-electron chi connectivity index (χ1n) is 4.17. The van der Waals surface area contributed by atoms with Crippen LogP contribution in [0.5, 0.6) is 0 Å². The van der Waals surface area contributed by atoms with E-state index in [4.69, 9.17) is 14.9 Å². The molecule has 0 saturated carbocycles. The number of aliphatic carboxylic acids is 2. The van der Waals surface area contributed by atoms with Crippen LogP contribution in [-0.4, -0.2) is 40.1 Å². The predicted molar refractivity (Wildman–Crippen MR) is 52.7 cm³/mol. The van der Waals surface area contributed by atoms with E-state index in [-0.39, 0.29) is 24.7 Å². The van der Waals surface area contributed by atoms with Crippen LogP contribution in [0.2, 0.25) is 0 Å². The first kappa shape index (κ1) is 13.2. The number of hydrogen-bond acceptors (Lipinski definition) is 4. The lowest BCUT2D eigenvalue weighted by Gasteiger charge is -2.13. The van der Waals surface area contributed by atoms with Crippen LogP contribution >= 0.6 is 12.6 Å². The van der Waals surface area contributed by atoms with Gasteiger partial charge in [0.15, 0.2) is 6.10 Å². The van der Waals surface area contributed by atoms with Crippen molar-refractivity contribution in [3.05, 3.63) is 0 Å². The molecule has 6 heteroatoms. The number of thiol groups is 1. The molecular formula is C8H14O5S. The van der Waals surface area contributed by atoms with Gasteiger partial charge in [0.25, 0.3) is 0 Å². The molecule has 0 aromatic rings. The molecule has 0 amide bonds. The molecule has 0 saturated heterocycles. The fourth-order valence-electron chi connectivity index (χ4n) is 0.788. The summed E-state index contributed by atoms with van der Waals surface area (Å²) < 4.78 is 4.98. The smallest absolute Gasteiger partial charge is 0.332 e. The Kier molecular flexibility index (Phi) is 6.31. The van der Waals surface area contributed by atoms with Gasteiger partial charge in [0, 0.05) is 11.7 Å². The summed E-state index contributed by atoms with van der Waals surface area (Å²) in [6.45, 7) is 1.96. The Morgan fingerprint density at radius 2 is 2.00 bits per heavy atom. The maximum absolute atomic E-state index is 10.6. The van der Waals surface area contributed by atoms with Crippen LogP contribution in [0.1, 0.15) is 19.8 Å². The van der Waals surface area contributed by atoms with E-state index >= 15 is 0 Å². The molecule has 0 spiro atoms. The van der Waals surface area contributed by atoms with Gasteiger partial charge in [-0.3, -0.25) is 4.79 Å². The molecule has 0 fully saturated rings. The van der Waals surface area contributed by atoms with Gasteiger partial charge >= 0.3 is 11.9 Å². The summed E-state index contributed by atoms with van der Waals surface area (Å²) in [7, 11) is 0. The molecule has 5 nitrogen and oxygen atoms in total. The quantitative estimate of drug-likeness (QED) is 0.550. The monoisotopic (exact) mass is 222 g/mol. The fourth-order valence-corrected chi connectivity index (χ4v) is 0.874. The second kappa shape index (κ2) is 6.67. The van der Waals surface area contributed by atoms with Gasteiger partial charge in [-0.15, -0.1) is 0 Å². The van der Waals surface area contributed by atoms with Gasteiger partial charge in [0.2, 0.25) is 0 Å². The number of carboxylic acid groups (broad SMARTS) is 2. The van der Waals surface area contributed by atoms with E-state index in [1.807, 2.05) is 0 Å². The Balaban J connectivity index is 3.90. The molecule has 2 unspecified atom stereocenters. The molecule has 0 rings (SSSR count). The minimum atomic E-state index is -1.14. The zero-order chi connectivity index (χ0) is 11.1. The number of rotatable bonds is 7. The second-order valence-electron chi connectivity index (χ2n) is 2.94. The largest absolute Gasteiger partial charge is 0.481 e. The van der Waals surface area contributed by atoms with Crippen LogP contribution in [-0.2, 0) is 14.3 Å². The summed E-state index contributed by atoms with van der Waals surface area (Å²) in [6.07, 6.45) is -1.29. The maximum atomic E-state index is 10.6. The summed E-state index contributed by atoms with van der Waals surface area (Å²) in [4.78, 5) is 20.8. The highest BCUT2D eigenvalue weighted by Gasteiger charge is 2.19. The molecule has 0 aliphatic rings. The van der Waals surface area contributed by atoms with Crippen molar-refractivity contribution >= 4 is 24.6 Å². The molecule has 0 aromatic carbocycles. The average molecular weight is 222 g/mol. The predicted octanol–water partition coefficient (Wildman–Crippen LogP) is 0.639. The zero-order valence-corrected chi connectivity index (χ0v) is 8.74. The molecular weight excluding hydrogens is 208 g/mol. The summed E-state index contributed by atoms with van der Waals surface area (Å²) in [5.41, 5.74) is 0. The van der Waals surface area contributed by atoms with Crippen molar-refractivity contribution in [2.75, 3.05) is 6.61 Å². The minimum Gasteiger partial charge on any atom is -0.481 e. The van der Waals surface area contributed by atoms with Crippen LogP contribution in [0.15, 0.2) is 0 Å². The Labute approximate surface area is 87.5 Å². The molecule has 0 aromatic heterocycles. The number of ether oxygens (including phenoxy) is 1. The van der Waals surface area contributed by atoms with Crippen LogP contribution < -0.4 is 0 Å². The van der Waals surface area contributed by atoms with Gasteiger partial charge < -0.3 is 14.9 Å². The van der Waals surface area contributed by atoms with E-state index in [1.54, 1.807) is 6.92 Å². The molecule has 0 heterocycles. The van der Waals surface area contributed by atoms with E-state index in [0.717, 1.165) is 0 Å².